The summed E-state index contributed by atoms with van der Waals surface area (Å²) in [7, 11) is 0. The second kappa shape index (κ2) is 6.17. The van der Waals surface area contributed by atoms with Gasteiger partial charge in [0.15, 0.2) is 5.78 Å². The first-order valence-electron chi connectivity index (χ1n) is 6.04. The van der Waals surface area contributed by atoms with Crippen LogP contribution in [0.4, 0.5) is 0 Å². The molecule has 0 aliphatic carbocycles. The topological polar surface area (TPSA) is 99.3 Å². The predicted molar refractivity (Wildman–Crippen MR) is 69.1 cm³/mol. The molecule has 0 saturated heterocycles. The number of carboxylic acids is 1. The van der Waals surface area contributed by atoms with Crippen LogP contribution in [0.3, 0.4) is 0 Å². The van der Waals surface area contributed by atoms with E-state index in [1.165, 1.54) is 19.2 Å². The van der Waals surface area contributed by atoms with Crippen LogP contribution < -0.4 is 5.32 Å². The summed E-state index contributed by atoms with van der Waals surface area (Å²) >= 11 is 0. The number of carboxylic acid groups (broad SMARTS) is 1. The van der Waals surface area contributed by atoms with Gasteiger partial charge in [0.2, 0.25) is 0 Å². The number of ketones is 1. The first-order valence-corrected chi connectivity index (χ1v) is 6.04. The summed E-state index contributed by atoms with van der Waals surface area (Å²) in [5, 5.41) is 11.5. The Labute approximate surface area is 111 Å². The van der Waals surface area contributed by atoms with Crippen molar-refractivity contribution >= 4 is 17.7 Å². The molecule has 1 heterocycles. The summed E-state index contributed by atoms with van der Waals surface area (Å²) in [6.07, 6.45) is 1.77. The van der Waals surface area contributed by atoms with Crippen molar-refractivity contribution in [1.29, 1.82) is 0 Å². The molecule has 104 valence electrons. The van der Waals surface area contributed by atoms with E-state index in [2.05, 4.69) is 10.3 Å². The number of Topliss-reactive ketones (excluding diaryl/α,β-unsaturated/α-hetero) is 1. The normalized spacial score (nSPS) is 12.2. The predicted octanol–water partition coefficient (Wildman–Crippen LogP) is 1.45. The fourth-order valence-electron chi connectivity index (χ4n) is 1.66. The Hall–Kier alpha value is -2.11. The van der Waals surface area contributed by atoms with Crippen LogP contribution in [-0.4, -0.2) is 33.8 Å². The standard InChI is InChI=1S/C13H18N2O4/c1-7(2)4-11(13(18)19)15-12(17)10-5-9(6-14-10)8(3)16/h5-7,11,14H,4H2,1-3H3,(H,15,17)(H,18,19)/t11-/m1/s1. The van der Waals surface area contributed by atoms with Gasteiger partial charge in [0.25, 0.3) is 5.91 Å². The number of hydrogen-bond acceptors (Lipinski definition) is 3. The molecule has 1 amide bonds. The molecule has 3 N–H and O–H groups in total. The molecule has 0 aliphatic heterocycles. The zero-order chi connectivity index (χ0) is 14.6. The van der Waals surface area contributed by atoms with Gasteiger partial charge in [-0.15, -0.1) is 0 Å². The zero-order valence-electron chi connectivity index (χ0n) is 11.2. The molecule has 0 aromatic carbocycles. The molecule has 0 radical (unpaired) electrons. The van der Waals surface area contributed by atoms with Gasteiger partial charge < -0.3 is 15.4 Å². The monoisotopic (exact) mass is 266 g/mol. The van der Waals surface area contributed by atoms with Crippen LogP contribution in [0.2, 0.25) is 0 Å². The Morgan fingerprint density at radius 3 is 2.42 bits per heavy atom. The molecule has 0 spiro atoms. The van der Waals surface area contributed by atoms with Crippen molar-refractivity contribution in [3.8, 4) is 0 Å². The van der Waals surface area contributed by atoms with Crippen molar-refractivity contribution in [2.75, 3.05) is 0 Å². The van der Waals surface area contributed by atoms with E-state index in [9.17, 15) is 14.4 Å². The van der Waals surface area contributed by atoms with E-state index in [1.54, 1.807) is 0 Å². The number of carbonyl (C=O) groups excluding carboxylic acids is 2. The van der Waals surface area contributed by atoms with Crippen molar-refractivity contribution in [1.82, 2.24) is 10.3 Å². The maximum absolute atomic E-state index is 11.9. The molecule has 1 aromatic rings. The minimum absolute atomic E-state index is 0.151. The smallest absolute Gasteiger partial charge is 0.326 e. The SMILES string of the molecule is CC(=O)c1c[nH]c(C(=O)N[C@H](CC(C)C)C(=O)O)c1. The molecule has 0 saturated carbocycles. The summed E-state index contributed by atoms with van der Waals surface area (Å²) < 4.78 is 0. The molecule has 0 fully saturated rings. The molecule has 0 bridgehead atoms. The lowest BCUT2D eigenvalue weighted by Gasteiger charge is -2.15. The summed E-state index contributed by atoms with van der Waals surface area (Å²) in [5.74, 6) is -1.61. The molecule has 1 atom stereocenters. The summed E-state index contributed by atoms with van der Waals surface area (Å²) in [6.45, 7) is 5.15. The average Bonchev–Trinajstić information content (AvgIpc) is 2.76. The van der Waals surface area contributed by atoms with E-state index in [1.807, 2.05) is 13.8 Å². The Bertz CT molecular complexity index is 491. The first kappa shape index (κ1) is 14.9. The van der Waals surface area contributed by atoms with Gasteiger partial charge in [0.05, 0.1) is 0 Å². The zero-order valence-corrected chi connectivity index (χ0v) is 11.2. The molecular weight excluding hydrogens is 248 g/mol. The number of rotatable bonds is 6. The van der Waals surface area contributed by atoms with Crippen LogP contribution in [-0.2, 0) is 4.79 Å². The van der Waals surface area contributed by atoms with Crippen LogP contribution >= 0.6 is 0 Å². The van der Waals surface area contributed by atoms with Crippen LogP contribution in [0, 0.1) is 5.92 Å². The van der Waals surface area contributed by atoms with E-state index < -0.39 is 17.9 Å². The third-order valence-corrected chi connectivity index (χ3v) is 2.64. The van der Waals surface area contributed by atoms with E-state index >= 15 is 0 Å². The Morgan fingerprint density at radius 2 is 2.00 bits per heavy atom. The highest BCUT2D eigenvalue weighted by Gasteiger charge is 2.22. The van der Waals surface area contributed by atoms with Crippen LogP contribution in [0.1, 0.15) is 48.0 Å². The molecule has 0 unspecified atom stereocenters. The number of aliphatic carboxylic acids is 1. The van der Waals surface area contributed by atoms with Gasteiger partial charge in [-0.25, -0.2) is 4.79 Å². The van der Waals surface area contributed by atoms with Crippen molar-refractivity contribution in [2.24, 2.45) is 5.92 Å². The Balaban J connectivity index is 2.75. The van der Waals surface area contributed by atoms with Crippen molar-refractivity contribution in [3.05, 3.63) is 23.5 Å². The lowest BCUT2D eigenvalue weighted by molar-refractivity contribution is -0.139. The summed E-state index contributed by atoms with van der Waals surface area (Å²) in [4.78, 5) is 36.7. The first-order chi connectivity index (χ1) is 8.81. The number of aromatic amines is 1. The minimum atomic E-state index is -1.07. The van der Waals surface area contributed by atoms with E-state index in [-0.39, 0.29) is 17.4 Å². The number of amides is 1. The van der Waals surface area contributed by atoms with Crippen LogP contribution in [0.5, 0.6) is 0 Å². The maximum Gasteiger partial charge on any atom is 0.326 e. The Morgan fingerprint density at radius 1 is 1.37 bits per heavy atom. The molecule has 1 aromatic heterocycles. The van der Waals surface area contributed by atoms with Crippen LogP contribution in [0.15, 0.2) is 12.3 Å². The maximum atomic E-state index is 11.9. The molecule has 19 heavy (non-hydrogen) atoms. The van der Waals surface area contributed by atoms with Gasteiger partial charge in [-0.1, -0.05) is 13.8 Å². The fraction of sp³-hybridized carbons (Fsp3) is 0.462. The van der Waals surface area contributed by atoms with E-state index in [0.29, 0.717) is 12.0 Å². The van der Waals surface area contributed by atoms with Crippen LogP contribution in [0.25, 0.3) is 0 Å². The third-order valence-electron chi connectivity index (χ3n) is 2.64. The number of nitrogens with one attached hydrogen (secondary N) is 2. The van der Waals surface area contributed by atoms with Crippen molar-refractivity contribution in [3.63, 3.8) is 0 Å². The van der Waals surface area contributed by atoms with E-state index in [0.717, 1.165) is 0 Å². The Kier molecular flexibility index (Phi) is 4.86. The highest BCUT2D eigenvalue weighted by Crippen LogP contribution is 2.08. The van der Waals surface area contributed by atoms with Gasteiger partial charge in [0.1, 0.15) is 11.7 Å². The van der Waals surface area contributed by atoms with Gasteiger partial charge in [-0.05, 0) is 25.3 Å². The quantitative estimate of drug-likeness (QED) is 0.678. The number of carbonyl (C=O) groups is 3. The minimum Gasteiger partial charge on any atom is -0.480 e. The molecule has 6 heteroatoms. The number of H-pyrrole nitrogens is 1. The highest BCUT2D eigenvalue weighted by atomic mass is 16.4. The number of hydrogen-bond donors (Lipinski definition) is 3. The van der Waals surface area contributed by atoms with Gasteiger partial charge >= 0.3 is 5.97 Å². The third kappa shape index (κ3) is 4.24. The lowest BCUT2D eigenvalue weighted by Crippen LogP contribution is -2.41. The second-order valence-electron chi connectivity index (χ2n) is 4.85. The van der Waals surface area contributed by atoms with Gasteiger partial charge in [0, 0.05) is 11.8 Å². The van der Waals surface area contributed by atoms with Gasteiger partial charge in [-0.3, -0.25) is 9.59 Å². The van der Waals surface area contributed by atoms with E-state index in [4.69, 9.17) is 5.11 Å². The molecule has 1 rings (SSSR count). The van der Waals surface area contributed by atoms with Crippen molar-refractivity contribution < 1.29 is 19.5 Å². The highest BCUT2D eigenvalue weighted by molar-refractivity contribution is 6.00. The summed E-state index contributed by atoms with van der Waals surface area (Å²) in [5.41, 5.74) is 0.570. The fourth-order valence-corrected chi connectivity index (χ4v) is 1.66. The second-order valence-corrected chi connectivity index (χ2v) is 4.85. The average molecular weight is 266 g/mol. The molecular formula is C13H18N2O4. The number of aromatic nitrogens is 1. The molecule has 0 aliphatic rings. The molecule has 6 nitrogen and oxygen atoms in total. The lowest BCUT2D eigenvalue weighted by atomic mass is 10.0. The van der Waals surface area contributed by atoms with Crippen molar-refractivity contribution in [2.45, 2.75) is 33.2 Å². The van der Waals surface area contributed by atoms with Gasteiger partial charge in [-0.2, -0.15) is 0 Å². The largest absolute Gasteiger partial charge is 0.480 e. The summed E-state index contributed by atoms with van der Waals surface area (Å²) in [6, 6.07) is 0.475.